The average molecular weight is 391 g/mol. The summed E-state index contributed by atoms with van der Waals surface area (Å²) in [6.45, 7) is 2.70. The molecule has 0 bridgehead atoms. The summed E-state index contributed by atoms with van der Waals surface area (Å²) in [5, 5.41) is 4.14. The van der Waals surface area contributed by atoms with Gasteiger partial charge in [-0.3, -0.25) is 4.79 Å². The number of carbonyl (C=O) groups is 1. The summed E-state index contributed by atoms with van der Waals surface area (Å²) < 4.78 is 10.6. The second-order valence-electron chi connectivity index (χ2n) is 7.32. The predicted molar refractivity (Wildman–Crippen MR) is 110 cm³/mol. The predicted octanol–water partition coefficient (Wildman–Crippen LogP) is 3.95. The maximum absolute atomic E-state index is 12.5. The monoisotopic (exact) mass is 391 g/mol. The highest BCUT2D eigenvalue weighted by Gasteiger charge is 2.34. The molecule has 150 valence electrons. The zero-order valence-corrected chi connectivity index (χ0v) is 16.8. The topological polar surface area (TPSA) is 68.5 Å². The number of amides is 1. The number of rotatable bonds is 7. The van der Waals surface area contributed by atoms with E-state index in [-0.39, 0.29) is 11.8 Å². The molecule has 1 aliphatic rings. The van der Waals surface area contributed by atoms with Gasteiger partial charge in [0.25, 0.3) is 0 Å². The molecule has 1 aromatic heterocycles. The van der Waals surface area contributed by atoms with E-state index in [0.29, 0.717) is 31.1 Å². The van der Waals surface area contributed by atoms with Crippen LogP contribution < -0.4 is 9.64 Å². The summed E-state index contributed by atoms with van der Waals surface area (Å²) in [6.07, 6.45) is 2.87. The maximum atomic E-state index is 12.5. The fourth-order valence-corrected chi connectivity index (χ4v) is 3.62. The van der Waals surface area contributed by atoms with Crippen molar-refractivity contribution in [3.8, 4) is 5.75 Å². The lowest BCUT2D eigenvalue weighted by atomic mass is 10.1. The molecule has 1 saturated heterocycles. The molecule has 3 aromatic rings. The third kappa shape index (κ3) is 4.31. The van der Waals surface area contributed by atoms with Crippen LogP contribution >= 0.6 is 0 Å². The Balaban J connectivity index is 1.38. The summed E-state index contributed by atoms with van der Waals surface area (Å²) in [5.74, 6) is 2.13. The molecule has 1 fully saturated rings. The summed E-state index contributed by atoms with van der Waals surface area (Å²) in [6, 6.07) is 16.1. The number of hydrogen-bond acceptors (Lipinski definition) is 5. The van der Waals surface area contributed by atoms with Gasteiger partial charge in [0.2, 0.25) is 11.8 Å². The van der Waals surface area contributed by atoms with E-state index in [4.69, 9.17) is 9.26 Å². The number of methoxy groups -OCH3 is 1. The molecule has 6 nitrogen and oxygen atoms in total. The van der Waals surface area contributed by atoms with Gasteiger partial charge in [-0.1, -0.05) is 36.3 Å². The minimum atomic E-state index is -0.0353. The highest BCUT2D eigenvalue weighted by molar-refractivity contribution is 5.96. The highest BCUT2D eigenvalue weighted by Crippen LogP contribution is 2.30. The molecule has 0 spiro atoms. The quantitative estimate of drug-likeness (QED) is 0.610. The number of carbonyl (C=O) groups excluding carboxylic acids is 1. The van der Waals surface area contributed by atoms with E-state index in [1.165, 1.54) is 11.1 Å². The molecule has 1 atom stereocenters. The molecule has 0 aliphatic carbocycles. The van der Waals surface area contributed by atoms with E-state index in [9.17, 15) is 4.79 Å². The van der Waals surface area contributed by atoms with Crippen LogP contribution in [-0.2, 0) is 24.1 Å². The fourth-order valence-electron chi connectivity index (χ4n) is 3.62. The third-order valence-electron chi connectivity index (χ3n) is 5.42. The van der Waals surface area contributed by atoms with Crippen molar-refractivity contribution in [3.63, 3.8) is 0 Å². The van der Waals surface area contributed by atoms with Gasteiger partial charge in [0.1, 0.15) is 5.75 Å². The molecule has 4 rings (SSSR count). The Labute approximate surface area is 170 Å². The first-order chi connectivity index (χ1) is 14.2. The number of aryl methyl sites for hydroxylation is 3. The van der Waals surface area contributed by atoms with Crippen molar-refractivity contribution in [2.45, 2.75) is 38.5 Å². The number of hydrogen-bond donors (Lipinski definition) is 0. The number of ether oxygens (including phenoxy) is 1. The van der Waals surface area contributed by atoms with E-state index >= 15 is 0 Å². The smallest absolute Gasteiger partial charge is 0.227 e. The van der Waals surface area contributed by atoms with Gasteiger partial charge in [-0.25, -0.2) is 0 Å². The Kier molecular flexibility index (Phi) is 5.60. The first-order valence-corrected chi connectivity index (χ1v) is 10.0. The van der Waals surface area contributed by atoms with Crippen molar-refractivity contribution in [2.24, 2.45) is 0 Å². The van der Waals surface area contributed by atoms with Gasteiger partial charge in [0.05, 0.1) is 7.11 Å². The molecule has 0 saturated carbocycles. The molecule has 6 heteroatoms. The fraction of sp³-hybridized carbons (Fsp3) is 0.348. The van der Waals surface area contributed by atoms with Crippen LogP contribution in [0, 0.1) is 0 Å². The number of nitrogens with zero attached hydrogens (tertiary/aromatic N) is 3. The van der Waals surface area contributed by atoms with Crippen LogP contribution in [0.2, 0.25) is 0 Å². The summed E-state index contributed by atoms with van der Waals surface area (Å²) in [4.78, 5) is 18.9. The SMILES string of the molecule is CCc1ccc(N2CC(c3noc(CCc4ccc(OC)cc4)n3)CC2=O)cc1. The van der Waals surface area contributed by atoms with E-state index in [0.717, 1.165) is 24.3 Å². The van der Waals surface area contributed by atoms with Crippen molar-refractivity contribution in [2.75, 3.05) is 18.6 Å². The van der Waals surface area contributed by atoms with Crippen LogP contribution in [0.5, 0.6) is 5.75 Å². The van der Waals surface area contributed by atoms with Gasteiger partial charge in [0, 0.05) is 31.0 Å². The van der Waals surface area contributed by atoms with E-state index in [2.05, 4.69) is 29.2 Å². The largest absolute Gasteiger partial charge is 0.497 e. The first-order valence-electron chi connectivity index (χ1n) is 10.0. The van der Waals surface area contributed by atoms with Gasteiger partial charge >= 0.3 is 0 Å². The Bertz CT molecular complexity index is 964. The molecular weight excluding hydrogens is 366 g/mol. The average Bonchev–Trinajstić information content (AvgIpc) is 3.39. The van der Waals surface area contributed by atoms with Gasteiger partial charge in [-0.2, -0.15) is 4.98 Å². The molecule has 2 aromatic carbocycles. The zero-order valence-electron chi connectivity index (χ0n) is 16.8. The van der Waals surface area contributed by atoms with Crippen LogP contribution in [0.1, 0.15) is 42.1 Å². The summed E-state index contributed by atoms with van der Waals surface area (Å²) in [7, 11) is 1.66. The van der Waals surface area contributed by atoms with Crippen molar-refractivity contribution < 1.29 is 14.1 Å². The minimum absolute atomic E-state index is 0.0353. The minimum Gasteiger partial charge on any atom is -0.497 e. The van der Waals surface area contributed by atoms with Gasteiger partial charge in [0.15, 0.2) is 5.82 Å². The Morgan fingerprint density at radius 3 is 2.48 bits per heavy atom. The van der Waals surface area contributed by atoms with Crippen molar-refractivity contribution in [3.05, 3.63) is 71.4 Å². The molecule has 1 amide bonds. The van der Waals surface area contributed by atoms with E-state index in [1.807, 2.05) is 41.3 Å². The lowest BCUT2D eigenvalue weighted by Gasteiger charge is -2.16. The van der Waals surface area contributed by atoms with E-state index in [1.54, 1.807) is 7.11 Å². The summed E-state index contributed by atoms with van der Waals surface area (Å²) >= 11 is 0. The molecule has 1 unspecified atom stereocenters. The normalized spacial score (nSPS) is 16.4. The Morgan fingerprint density at radius 2 is 1.79 bits per heavy atom. The highest BCUT2D eigenvalue weighted by atomic mass is 16.5. The van der Waals surface area contributed by atoms with E-state index < -0.39 is 0 Å². The van der Waals surface area contributed by atoms with Crippen LogP contribution in [0.4, 0.5) is 5.69 Å². The van der Waals surface area contributed by atoms with Gasteiger partial charge in [-0.05, 0) is 48.2 Å². The molecule has 1 aliphatic heterocycles. The van der Waals surface area contributed by atoms with Gasteiger partial charge < -0.3 is 14.2 Å². The molecule has 2 heterocycles. The standard InChI is InChI=1S/C23H25N3O3/c1-3-16-4-9-19(10-5-16)26-15-18(14-22(26)27)23-24-21(29-25-23)13-8-17-6-11-20(28-2)12-7-17/h4-7,9-12,18H,3,8,13-15H2,1-2H3. The number of benzene rings is 2. The van der Waals surface area contributed by atoms with Crippen LogP contribution in [0.25, 0.3) is 0 Å². The summed E-state index contributed by atoms with van der Waals surface area (Å²) in [5.41, 5.74) is 3.37. The van der Waals surface area contributed by atoms with Crippen LogP contribution in [0.15, 0.2) is 53.1 Å². The van der Waals surface area contributed by atoms with Crippen LogP contribution in [0.3, 0.4) is 0 Å². The zero-order chi connectivity index (χ0) is 20.2. The van der Waals surface area contributed by atoms with Crippen molar-refractivity contribution >= 4 is 11.6 Å². The molecular formula is C23H25N3O3. The second-order valence-corrected chi connectivity index (χ2v) is 7.32. The van der Waals surface area contributed by atoms with Crippen molar-refractivity contribution in [1.29, 1.82) is 0 Å². The Hall–Kier alpha value is -3.15. The molecule has 29 heavy (non-hydrogen) atoms. The number of aromatic nitrogens is 2. The number of anilines is 1. The Morgan fingerprint density at radius 1 is 1.07 bits per heavy atom. The molecule has 0 radical (unpaired) electrons. The van der Waals surface area contributed by atoms with Crippen LogP contribution in [-0.4, -0.2) is 29.7 Å². The lowest BCUT2D eigenvalue weighted by Crippen LogP contribution is -2.24. The molecule has 0 N–H and O–H groups in total. The van der Waals surface area contributed by atoms with Gasteiger partial charge in [-0.15, -0.1) is 0 Å². The maximum Gasteiger partial charge on any atom is 0.227 e. The lowest BCUT2D eigenvalue weighted by molar-refractivity contribution is -0.117. The third-order valence-corrected chi connectivity index (χ3v) is 5.42. The second kappa shape index (κ2) is 8.47. The van der Waals surface area contributed by atoms with Crippen molar-refractivity contribution in [1.82, 2.24) is 10.1 Å². The first kappa shape index (κ1) is 19.2.